The lowest BCUT2D eigenvalue weighted by molar-refractivity contribution is -0.114. The van der Waals surface area contributed by atoms with Crippen LogP contribution in [-0.2, 0) is 16.0 Å². The summed E-state index contributed by atoms with van der Waals surface area (Å²) in [5.74, 6) is -0.780. The zero-order valence-electron chi connectivity index (χ0n) is 11.4. The summed E-state index contributed by atoms with van der Waals surface area (Å²) in [7, 11) is 1.66. The van der Waals surface area contributed by atoms with Crippen LogP contribution in [0.2, 0.25) is 0 Å². The van der Waals surface area contributed by atoms with Gasteiger partial charge in [-0.3, -0.25) is 9.59 Å². The van der Waals surface area contributed by atoms with Crippen LogP contribution in [0, 0.1) is 0 Å². The van der Waals surface area contributed by atoms with E-state index in [0.717, 1.165) is 30.5 Å². The summed E-state index contributed by atoms with van der Waals surface area (Å²) in [6.07, 6.45) is 2.58. The molecule has 0 fully saturated rings. The molecule has 4 nitrogen and oxygen atoms in total. The van der Waals surface area contributed by atoms with Crippen molar-refractivity contribution >= 4 is 17.4 Å². The Hall–Kier alpha value is -1.68. The molecule has 1 heterocycles. The van der Waals surface area contributed by atoms with E-state index in [-0.39, 0.29) is 5.78 Å². The molecule has 0 saturated carbocycles. The van der Waals surface area contributed by atoms with Gasteiger partial charge in [0, 0.05) is 20.3 Å². The van der Waals surface area contributed by atoms with E-state index in [1.807, 2.05) is 25.1 Å². The number of ketones is 1. The van der Waals surface area contributed by atoms with Gasteiger partial charge in [0.2, 0.25) is 0 Å². The highest BCUT2D eigenvalue weighted by Crippen LogP contribution is 2.30. The zero-order chi connectivity index (χ0) is 13.8. The molecule has 1 amide bonds. The fourth-order valence-corrected chi connectivity index (χ4v) is 2.31. The van der Waals surface area contributed by atoms with Gasteiger partial charge in [-0.1, -0.05) is 13.0 Å². The molecule has 0 unspecified atom stereocenters. The van der Waals surface area contributed by atoms with Gasteiger partial charge in [0.15, 0.2) is 0 Å². The molecule has 1 aromatic carbocycles. The first-order valence-electron chi connectivity index (χ1n) is 6.67. The van der Waals surface area contributed by atoms with Gasteiger partial charge in [-0.05, 0) is 37.0 Å². The number of Topliss-reactive ketones (excluding diaryl/α,β-unsaturated/α-hetero) is 1. The summed E-state index contributed by atoms with van der Waals surface area (Å²) >= 11 is 0. The predicted molar refractivity (Wildman–Crippen MR) is 73.6 cm³/mol. The van der Waals surface area contributed by atoms with E-state index in [4.69, 9.17) is 4.74 Å². The third-order valence-electron chi connectivity index (χ3n) is 3.42. The highest BCUT2D eigenvalue weighted by Gasteiger charge is 2.35. The van der Waals surface area contributed by atoms with E-state index in [9.17, 15) is 9.59 Å². The molecule has 1 aromatic rings. The molecule has 102 valence electrons. The quantitative estimate of drug-likeness (QED) is 0.582. The van der Waals surface area contributed by atoms with Crippen molar-refractivity contribution in [3.05, 3.63) is 29.3 Å². The fourth-order valence-electron chi connectivity index (χ4n) is 2.31. The summed E-state index contributed by atoms with van der Waals surface area (Å²) in [5, 5.41) is 0. The van der Waals surface area contributed by atoms with Crippen molar-refractivity contribution in [1.82, 2.24) is 0 Å². The number of rotatable bonds is 6. The number of benzene rings is 1. The lowest BCUT2D eigenvalue weighted by Gasteiger charge is -2.16. The maximum Gasteiger partial charge on any atom is 0.299 e. The van der Waals surface area contributed by atoms with Gasteiger partial charge >= 0.3 is 0 Å². The third-order valence-corrected chi connectivity index (χ3v) is 3.42. The molecule has 19 heavy (non-hydrogen) atoms. The number of amides is 1. The number of fused-ring (bicyclic) bond motifs is 1. The van der Waals surface area contributed by atoms with Gasteiger partial charge in [-0.25, -0.2) is 0 Å². The molecular weight excluding hydrogens is 242 g/mol. The van der Waals surface area contributed by atoms with Gasteiger partial charge in [-0.15, -0.1) is 0 Å². The van der Waals surface area contributed by atoms with Gasteiger partial charge < -0.3 is 9.64 Å². The van der Waals surface area contributed by atoms with Crippen molar-refractivity contribution in [2.24, 2.45) is 0 Å². The van der Waals surface area contributed by atoms with Crippen molar-refractivity contribution in [2.75, 3.05) is 25.2 Å². The molecule has 0 N–H and O–H groups in total. The van der Waals surface area contributed by atoms with Crippen LogP contribution in [0.15, 0.2) is 18.2 Å². The number of aryl methyl sites for hydroxylation is 1. The molecule has 0 radical (unpaired) electrons. The molecule has 1 aliphatic rings. The Morgan fingerprint density at radius 2 is 2.00 bits per heavy atom. The number of nitrogens with zero attached hydrogens (tertiary/aromatic N) is 1. The van der Waals surface area contributed by atoms with Crippen LogP contribution in [-0.4, -0.2) is 32.0 Å². The molecular formula is C15H19NO3. The lowest BCUT2D eigenvalue weighted by Crippen LogP contribution is -2.30. The van der Waals surface area contributed by atoms with Crippen LogP contribution < -0.4 is 4.90 Å². The second kappa shape index (κ2) is 5.97. The topological polar surface area (TPSA) is 46.6 Å². The number of anilines is 1. The van der Waals surface area contributed by atoms with E-state index in [1.165, 1.54) is 0 Å². The molecule has 0 aromatic heterocycles. The first-order valence-corrected chi connectivity index (χ1v) is 6.67. The number of methoxy groups -OCH3 is 1. The van der Waals surface area contributed by atoms with Crippen LogP contribution in [0.5, 0.6) is 0 Å². The highest BCUT2D eigenvalue weighted by atomic mass is 16.5. The molecule has 0 saturated heterocycles. The molecule has 0 spiro atoms. The van der Waals surface area contributed by atoms with Gasteiger partial charge in [0.05, 0.1) is 11.3 Å². The summed E-state index contributed by atoms with van der Waals surface area (Å²) < 4.78 is 4.98. The Balaban J connectivity index is 2.15. The van der Waals surface area contributed by atoms with Crippen LogP contribution in [0.4, 0.5) is 5.69 Å². The first kappa shape index (κ1) is 13.7. The lowest BCUT2D eigenvalue weighted by atomic mass is 10.1. The largest absolute Gasteiger partial charge is 0.385 e. The Labute approximate surface area is 113 Å². The van der Waals surface area contributed by atoms with E-state index < -0.39 is 5.91 Å². The van der Waals surface area contributed by atoms with Crippen molar-refractivity contribution < 1.29 is 14.3 Å². The number of unbranched alkanes of at least 4 members (excludes halogenated alkanes) is 1. The average molecular weight is 261 g/mol. The van der Waals surface area contributed by atoms with Crippen molar-refractivity contribution in [3.63, 3.8) is 0 Å². The van der Waals surface area contributed by atoms with E-state index in [1.54, 1.807) is 12.0 Å². The van der Waals surface area contributed by atoms with Crippen LogP contribution >= 0.6 is 0 Å². The van der Waals surface area contributed by atoms with Gasteiger partial charge in [-0.2, -0.15) is 0 Å². The SMILES string of the molecule is CCc1ccc2c(c1)C(=O)C(=O)N2CCCCOC. The van der Waals surface area contributed by atoms with Crippen LogP contribution in [0.3, 0.4) is 0 Å². The number of hydrogen-bond acceptors (Lipinski definition) is 3. The summed E-state index contributed by atoms with van der Waals surface area (Å²) in [6.45, 7) is 3.29. The van der Waals surface area contributed by atoms with Crippen molar-refractivity contribution in [2.45, 2.75) is 26.2 Å². The highest BCUT2D eigenvalue weighted by molar-refractivity contribution is 6.52. The Morgan fingerprint density at radius 1 is 1.21 bits per heavy atom. The summed E-state index contributed by atoms with van der Waals surface area (Å²) in [6, 6.07) is 5.70. The maximum atomic E-state index is 12.0. The smallest absolute Gasteiger partial charge is 0.299 e. The molecule has 2 rings (SSSR count). The van der Waals surface area contributed by atoms with E-state index in [0.29, 0.717) is 18.7 Å². The minimum atomic E-state index is -0.402. The van der Waals surface area contributed by atoms with Crippen molar-refractivity contribution in [3.8, 4) is 0 Å². The van der Waals surface area contributed by atoms with Crippen molar-refractivity contribution in [1.29, 1.82) is 0 Å². The average Bonchev–Trinajstić information content (AvgIpc) is 2.67. The monoisotopic (exact) mass is 261 g/mol. The molecule has 0 atom stereocenters. The minimum absolute atomic E-state index is 0.378. The Morgan fingerprint density at radius 3 is 2.68 bits per heavy atom. The standard InChI is InChI=1S/C15H19NO3/c1-3-11-6-7-13-12(10-11)14(17)15(18)16(13)8-4-5-9-19-2/h6-7,10H,3-5,8-9H2,1-2H3. The Kier molecular flexibility index (Phi) is 4.32. The summed E-state index contributed by atoms with van der Waals surface area (Å²) in [4.78, 5) is 25.5. The molecule has 1 aliphatic heterocycles. The second-order valence-electron chi connectivity index (χ2n) is 4.69. The van der Waals surface area contributed by atoms with E-state index in [2.05, 4.69) is 0 Å². The fraction of sp³-hybridized carbons (Fsp3) is 0.467. The summed E-state index contributed by atoms with van der Waals surface area (Å²) in [5.41, 5.74) is 2.39. The second-order valence-corrected chi connectivity index (χ2v) is 4.69. The molecule has 4 heteroatoms. The normalized spacial score (nSPS) is 14.1. The zero-order valence-corrected chi connectivity index (χ0v) is 11.4. The Bertz CT molecular complexity index is 496. The number of carbonyl (C=O) groups excluding carboxylic acids is 2. The number of hydrogen-bond donors (Lipinski definition) is 0. The molecule has 0 aliphatic carbocycles. The van der Waals surface area contributed by atoms with Gasteiger partial charge in [0.25, 0.3) is 11.7 Å². The van der Waals surface area contributed by atoms with E-state index >= 15 is 0 Å². The predicted octanol–water partition coefficient (Wildman–Crippen LogP) is 2.20. The maximum absolute atomic E-state index is 12.0. The number of ether oxygens (including phenoxy) is 1. The van der Waals surface area contributed by atoms with Crippen LogP contribution in [0.1, 0.15) is 35.7 Å². The first-order chi connectivity index (χ1) is 9.19. The minimum Gasteiger partial charge on any atom is -0.385 e. The number of carbonyl (C=O) groups is 2. The van der Waals surface area contributed by atoms with Crippen LogP contribution in [0.25, 0.3) is 0 Å². The molecule has 0 bridgehead atoms. The third kappa shape index (κ3) is 2.68. The van der Waals surface area contributed by atoms with Gasteiger partial charge in [0.1, 0.15) is 0 Å².